The third kappa shape index (κ3) is 1.63. The first kappa shape index (κ1) is 11.5. The van der Waals surface area contributed by atoms with Crippen molar-refractivity contribution in [3.63, 3.8) is 0 Å². The molecule has 1 aliphatic rings. The monoisotopic (exact) mass is 263 g/mol. The Bertz CT molecular complexity index is 525. The fourth-order valence-electron chi connectivity index (χ4n) is 1.39. The van der Waals surface area contributed by atoms with Gasteiger partial charge in [0.25, 0.3) is 0 Å². The summed E-state index contributed by atoms with van der Waals surface area (Å²) in [6.07, 6.45) is 0. The lowest BCUT2D eigenvalue weighted by Crippen LogP contribution is -2.40. The van der Waals surface area contributed by atoms with Crippen molar-refractivity contribution in [2.24, 2.45) is 0 Å². The molecule has 0 saturated carbocycles. The molecule has 1 aliphatic heterocycles. The summed E-state index contributed by atoms with van der Waals surface area (Å²) in [7, 11) is -3.67. The van der Waals surface area contributed by atoms with Crippen molar-refractivity contribution in [2.75, 3.05) is 18.9 Å². The van der Waals surface area contributed by atoms with Gasteiger partial charge in [-0.1, -0.05) is 11.6 Å². The Hall–Kier alpha value is -0.980. The van der Waals surface area contributed by atoms with Crippen LogP contribution < -0.4 is 5.73 Å². The third-order valence-corrected chi connectivity index (χ3v) is 5.00. The highest BCUT2D eigenvalue weighted by Crippen LogP contribution is 2.38. The van der Waals surface area contributed by atoms with Gasteiger partial charge < -0.3 is 15.6 Å². The molecule has 1 fully saturated rings. The topological polar surface area (TPSA) is 89.6 Å². The zero-order valence-corrected chi connectivity index (χ0v) is 9.75. The van der Waals surface area contributed by atoms with Gasteiger partial charge in [-0.2, -0.15) is 0 Å². The number of nitrogen functional groups attached to an aromatic ring is 1. The lowest BCUT2D eigenvalue weighted by molar-refractivity contribution is 0.0415. The lowest BCUT2D eigenvalue weighted by atomic mass is 10.3. The number of hydrogen-bond donors (Lipinski definition) is 2. The van der Waals surface area contributed by atoms with E-state index in [9.17, 15) is 13.5 Å². The van der Waals surface area contributed by atoms with E-state index in [2.05, 4.69) is 0 Å². The number of rotatable bonds is 2. The number of benzene rings is 1. The molecular weight excluding hydrogens is 254 g/mol. The van der Waals surface area contributed by atoms with Gasteiger partial charge in [0.15, 0.2) is 15.6 Å². The minimum atomic E-state index is -3.67. The van der Waals surface area contributed by atoms with Crippen molar-refractivity contribution >= 4 is 27.1 Å². The second-order valence-corrected chi connectivity index (χ2v) is 6.09. The molecule has 0 spiro atoms. The largest absolute Gasteiger partial charge is 0.504 e. The molecule has 0 unspecified atom stereocenters. The SMILES string of the molecule is Nc1ccc(Cl)c(S(=O)(=O)C2COC2)c1O. The summed E-state index contributed by atoms with van der Waals surface area (Å²) in [5, 5.41) is 8.97. The van der Waals surface area contributed by atoms with E-state index in [-0.39, 0.29) is 28.8 Å². The van der Waals surface area contributed by atoms with E-state index in [0.29, 0.717) is 0 Å². The van der Waals surface area contributed by atoms with Gasteiger partial charge in [-0.25, -0.2) is 8.42 Å². The van der Waals surface area contributed by atoms with E-state index in [0.717, 1.165) is 0 Å². The van der Waals surface area contributed by atoms with Crippen LogP contribution in [-0.4, -0.2) is 32.0 Å². The summed E-state index contributed by atoms with van der Waals surface area (Å²) in [6, 6.07) is 2.71. The molecule has 0 bridgehead atoms. The number of halogens is 1. The van der Waals surface area contributed by atoms with Crippen molar-refractivity contribution in [1.82, 2.24) is 0 Å². The normalized spacial score (nSPS) is 17.1. The van der Waals surface area contributed by atoms with Crippen molar-refractivity contribution in [3.8, 4) is 5.75 Å². The molecule has 1 aromatic carbocycles. The van der Waals surface area contributed by atoms with Crippen LogP contribution in [-0.2, 0) is 14.6 Å². The molecule has 7 heteroatoms. The predicted octanol–water partition coefficient (Wildman–Crippen LogP) is 0.800. The van der Waals surface area contributed by atoms with Crippen LogP contribution in [0.15, 0.2) is 17.0 Å². The molecule has 0 radical (unpaired) electrons. The van der Waals surface area contributed by atoms with E-state index in [4.69, 9.17) is 22.1 Å². The molecule has 3 N–H and O–H groups in total. The predicted molar refractivity (Wildman–Crippen MR) is 59.3 cm³/mol. The van der Waals surface area contributed by atoms with Crippen molar-refractivity contribution in [3.05, 3.63) is 17.2 Å². The van der Waals surface area contributed by atoms with Crippen LogP contribution in [0, 0.1) is 0 Å². The lowest BCUT2D eigenvalue weighted by Gasteiger charge is -2.26. The summed E-state index contributed by atoms with van der Waals surface area (Å²) >= 11 is 5.78. The summed E-state index contributed by atoms with van der Waals surface area (Å²) in [4.78, 5) is -0.303. The summed E-state index contributed by atoms with van der Waals surface area (Å²) in [5.74, 6) is -0.487. The Balaban J connectivity index is 2.59. The number of hydrogen-bond acceptors (Lipinski definition) is 5. The molecule has 0 amide bonds. The summed E-state index contributed by atoms with van der Waals surface area (Å²) < 4.78 is 28.9. The minimum absolute atomic E-state index is 0.0109. The molecule has 88 valence electrons. The van der Waals surface area contributed by atoms with Gasteiger partial charge in [0.05, 0.1) is 23.9 Å². The molecule has 16 heavy (non-hydrogen) atoms. The van der Waals surface area contributed by atoms with Gasteiger partial charge in [-0.3, -0.25) is 0 Å². The fraction of sp³-hybridized carbons (Fsp3) is 0.333. The minimum Gasteiger partial charge on any atom is -0.504 e. The Labute approximate surface area is 97.7 Å². The molecule has 1 heterocycles. The zero-order chi connectivity index (χ0) is 11.9. The third-order valence-electron chi connectivity index (χ3n) is 2.45. The Morgan fingerprint density at radius 2 is 2.06 bits per heavy atom. The van der Waals surface area contributed by atoms with E-state index in [1.165, 1.54) is 12.1 Å². The van der Waals surface area contributed by atoms with E-state index < -0.39 is 20.8 Å². The fourth-order valence-corrected chi connectivity index (χ4v) is 3.48. The summed E-state index contributed by atoms with van der Waals surface area (Å²) in [5.41, 5.74) is 5.43. The van der Waals surface area contributed by atoms with Crippen molar-refractivity contribution in [2.45, 2.75) is 10.1 Å². The van der Waals surface area contributed by atoms with Gasteiger partial charge in [0.1, 0.15) is 10.1 Å². The first-order chi connectivity index (χ1) is 7.44. The quantitative estimate of drug-likeness (QED) is 0.608. The molecule has 2 rings (SSSR count). The molecule has 0 atom stereocenters. The number of sulfone groups is 1. The number of anilines is 1. The summed E-state index contributed by atoms with van der Waals surface area (Å²) in [6.45, 7) is 0.236. The van der Waals surface area contributed by atoms with Gasteiger partial charge in [0, 0.05) is 0 Å². The smallest absolute Gasteiger partial charge is 0.190 e. The molecular formula is C9H10ClNO4S. The van der Waals surface area contributed by atoms with E-state index in [1.807, 2.05) is 0 Å². The van der Waals surface area contributed by atoms with Crippen LogP contribution >= 0.6 is 11.6 Å². The van der Waals surface area contributed by atoms with Gasteiger partial charge in [-0.05, 0) is 12.1 Å². The van der Waals surface area contributed by atoms with Gasteiger partial charge >= 0.3 is 0 Å². The second kappa shape index (κ2) is 3.80. The number of phenolic OH excluding ortho intramolecular Hbond substituents is 1. The molecule has 0 aliphatic carbocycles. The maximum absolute atomic E-state index is 12.0. The van der Waals surface area contributed by atoms with Crippen molar-refractivity contribution < 1.29 is 18.3 Å². The second-order valence-electron chi connectivity index (χ2n) is 3.52. The first-order valence-electron chi connectivity index (χ1n) is 4.53. The molecule has 1 aromatic rings. The first-order valence-corrected chi connectivity index (χ1v) is 6.45. The number of phenols is 1. The molecule has 5 nitrogen and oxygen atoms in total. The highest BCUT2D eigenvalue weighted by molar-refractivity contribution is 7.92. The average Bonchev–Trinajstić information content (AvgIpc) is 2.07. The van der Waals surface area contributed by atoms with Gasteiger partial charge in [0.2, 0.25) is 0 Å². The average molecular weight is 264 g/mol. The molecule has 0 aromatic heterocycles. The van der Waals surface area contributed by atoms with E-state index >= 15 is 0 Å². The van der Waals surface area contributed by atoms with Crippen molar-refractivity contribution in [1.29, 1.82) is 0 Å². The standard InChI is InChI=1S/C9H10ClNO4S/c10-6-1-2-7(11)8(12)9(6)16(13,14)5-3-15-4-5/h1-2,5,12H,3-4,11H2. The molecule has 1 saturated heterocycles. The van der Waals surface area contributed by atoms with Crippen LogP contribution in [0.25, 0.3) is 0 Å². The maximum atomic E-state index is 12.0. The Morgan fingerprint density at radius 3 is 2.56 bits per heavy atom. The number of aromatic hydroxyl groups is 1. The maximum Gasteiger partial charge on any atom is 0.190 e. The van der Waals surface area contributed by atoms with Crippen LogP contribution in [0.2, 0.25) is 5.02 Å². The highest BCUT2D eigenvalue weighted by atomic mass is 35.5. The van der Waals surface area contributed by atoms with Crippen LogP contribution in [0.5, 0.6) is 5.75 Å². The Kier molecular flexibility index (Phi) is 2.73. The Morgan fingerprint density at radius 1 is 1.44 bits per heavy atom. The van der Waals surface area contributed by atoms with E-state index in [1.54, 1.807) is 0 Å². The highest BCUT2D eigenvalue weighted by Gasteiger charge is 2.37. The number of ether oxygens (including phenoxy) is 1. The zero-order valence-electron chi connectivity index (χ0n) is 8.18. The van der Waals surface area contributed by atoms with Crippen LogP contribution in [0.1, 0.15) is 0 Å². The van der Waals surface area contributed by atoms with Gasteiger partial charge in [-0.15, -0.1) is 0 Å². The van der Waals surface area contributed by atoms with Crippen LogP contribution in [0.4, 0.5) is 5.69 Å². The van der Waals surface area contributed by atoms with Crippen LogP contribution in [0.3, 0.4) is 0 Å². The number of nitrogens with two attached hydrogens (primary N) is 1.